The fraction of sp³-hybridized carbons (Fsp3) is 0. The number of aromatic carboxylic acids is 1. The molecule has 2 aromatic rings. The Kier molecular flexibility index (Phi) is 4.27. The number of thioether (sulfide) groups is 1. The minimum absolute atomic E-state index is 0.0963. The fourth-order valence-corrected chi connectivity index (χ4v) is 3.43. The Bertz CT molecular complexity index is 813. The zero-order valence-electron chi connectivity index (χ0n) is 11.8. The monoisotopic (exact) mass is 340 g/mol. The molecule has 0 unspecified atom stereocenters. The molecule has 23 heavy (non-hydrogen) atoms. The van der Waals surface area contributed by atoms with Crippen LogP contribution in [0.1, 0.15) is 15.9 Å². The Morgan fingerprint density at radius 1 is 1.09 bits per heavy atom. The van der Waals surface area contributed by atoms with Crippen molar-refractivity contribution in [1.29, 1.82) is 0 Å². The summed E-state index contributed by atoms with van der Waals surface area (Å²) in [5.41, 5.74) is 1.55. The number of hydrogen-bond donors (Lipinski definition) is 0. The number of carboxylic acids is 1. The second-order valence-electron chi connectivity index (χ2n) is 4.76. The summed E-state index contributed by atoms with van der Waals surface area (Å²) in [5, 5.41) is 10.7. The molecule has 4 nitrogen and oxygen atoms in total. The van der Waals surface area contributed by atoms with Gasteiger partial charge in [0.05, 0.1) is 16.6 Å². The zero-order chi connectivity index (χ0) is 16.4. The standard InChI is InChI=1S/C17H11NO3S2/c19-15-14(10-11-6-8-12(9-7-11)16(20)21)23-17(22)18(15)13-4-2-1-3-5-13/h1-10H,(H,20,21)/p-1/b14-10+. The first-order valence-electron chi connectivity index (χ1n) is 6.70. The SMILES string of the molecule is O=C([O-])c1ccc(/C=C2/SC(=S)N(c3ccccc3)C2=O)cc1. The van der Waals surface area contributed by atoms with E-state index < -0.39 is 5.97 Å². The molecule has 1 amide bonds. The molecule has 0 atom stereocenters. The number of carbonyl (C=O) groups is 2. The molecule has 0 aliphatic carbocycles. The van der Waals surface area contributed by atoms with Crippen LogP contribution in [0.15, 0.2) is 59.5 Å². The van der Waals surface area contributed by atoms with Crippen LogP contribution in [0.3, 0.4) is 0 Å². The molecule has 3 rings (SSSR count). The van der Waals surface area contributed by atoms with Crippen molar-refractivity contribution in [3.05, 3.63) is 70.6 Å². The molecule has 0 saturated carbocycles. The van der Waals surface area contributed by atoms with Crippen molar-refractivity contribution in [2.24, 2.45) is 0 Å². The van der Waals surface area contributed by atoms with Gasteiger partial charge in [0.1, 0.15) is 0 Å². The lowest BCUT2D eigenvalue weighted by molar-refractivity contribution is -0.255. The summed E-state index contributed by atoms with van der Waals surface area (Å²) in [6, 6.07) is 15.3. The highest BCUT2D eigenvalue weighted by Gasteiger charge is 2.33. The Labute approximate surface area is 142 Å². The van der Waals surface area contributed by atoms with Crippen LogP contribution in [0, 0.1) is 0 Å². The average molecular weight is 340 g/mol. The lowest BCUT2D eigenvalue weighted by atomic mass is 10.1. The number of nitrogens with zero attached hydrogens (tertiary/aromatic N) is 1. The highest BCUT2D eigenvalue weighted by Crippen LogP contribution is 2.35. The van der Waals surface area contributed by atoms with Crippen LogP contribution in [0.2, 0.25) is 0 Å². The van der Waals surface area contributed by atoms with Crippen LogP contribution < -0.4 is 10.0 Å². The summed E-state index contributed by atoms with van der Waals surface area (Å²) in [6.07, 6.45) is 1.70. The van der Waals surface area contributed by atoms with Gasteiger partial charge in [-0.15, -0.1) is 0 Å². The second kappa shape index (κ2) is 6.36. The lowest BCUT2D eigenvalue weighted by Gasteiger charge is -2.13. The third-order valence-electron chi connectivity index (χ3n) is 3.25. The number of carboxylic acid groups (broad SMARTS) is 1. The van der Waals surface area contributed by atoms with Crippen molar-refractivity contribution < 1.29 is 14.7 Å². The molecule has 0 bridgehead atoms. The molecule has 0 radical (unpaired) electrons. The fourth-order valence-electron chi connectivity index (χ4n) is 2.13. The van der Waals surface area contributed by atoms with E-state index in [1.807, 2.05) is 30.3 Å². The molecule has 1 aliphatic heterocycles. The van der Waals surface area contributed by atoms with E-state index in [9.17, 15) is 14.7 Å². The Morgan fingerprint density at radius 2 is 1.74 bits per heavy atom. The largest absolute Gasteiger partial charge is 0.545 e. The van der Waals surface area contributed by atoms with Gasteiger partial charge in [-0.1, -0.05) is 66.4 Å². The van der Waals surface area contributed by atoms with E-state index in [2.05, 4.69) is 0 Å². The van der Waals surface area contributed by atoms with Crippen LogP contribution in [0.4, 0.5) is 5.69 Å². The Morgan fingerprint density at radius 3 is 2.35 bits per heavy atom. The Hall–Kier alpha value is -2.44. The molecule has 1 fully saturated rings. The van der Waals surface area contributed by atoms with Crippen LogP contribution in [0.5, 0.6) is 0 Å². The summed E-state index contributed by atoms with van der Waals surface area (Å²) in [5.74, 6) is -1.41. The van der Waals surface area contributed by atoms with Crippen molar-refractivity contribution >= 4 is 51.9 Å². The molecule has 1 aliphatic rings. The first-order chi connectivity index (χ1) is 11.1. The molecule has 2 aromatic carbocycles. The van der Waals surface area contributed by atoms with Gasteiger partial charge in [0, 0.05) is 0 Å². The maximum Gasteiger partial charge on any atom is 0.270 e. The molecule has 1 saturated heterocycles. The number of amides is 1. The molecule has 114 valence electrons. The van der Waals surface area contributed by atoms with E-state index in [4.69, 9.17) is 12.2 Å². The van der Waals surface area contributed by atoms with Crippen LogP contribution >= 0.6 is 24.0 Å². The molecule has 0 spiro atoms. The van der Waals surface area contributed by atoms with Gasteiger partial charge in [-0.2, -0.15) is 0 Å². The van der Waals surface area contributed by atoms with Crippen molar-refractivity contribution in [2.75, 3.05) is 4.90 Å². The van der Waals surface area contributed by atoms with E-state index in [0.29, 0.717) is 9.23 Å². The molecule has 6 heteroatoms. The van der Waals surface area contributed by atoms with Crippen LogP contribution in [0.25, 0.3) is 6.08 Å². The minimum atomic E-state index is -1.23. The highest BCUT2D eigenvalue weighted by atomic mass is 32.2. The number of rotatable bonds is 3. The van der Waals surface area contributed by atoms with Crippen molar-refractivity contribution in [3.63, 3.8) is 0 Å². The maximum atomic E-state index is 12.5. The zero-order valence-corrected chi connectivity index (χ0v) is 13.4. The van der Waals surface area contributed by atoms with Gasteiger partial charge in [-0.05, 0) is 29.3 Å². The molecular weight excluding hydrogens is 330 g/mol. The second-order valence-corrected chi connectivity index (χ2v) is 6.44. The summed E-state index contributed by atoms with van der Waals surface area (Å²) < 4.78 is 0.471. The van der Waals surface area contributed by atoms with Gasteiger partial charge in [-0.3, -0.25) is 9.69 Å². The smallest absolute Gasteiger partial charge is 0.270 e. The predicted octanol–water partition coefficient (Wildman–Crippen LogP) is 2.46. The van der Waals surface area contributed by atoms with Crippen LogP contribution in [-0.4, -0.2) is 16.2 Å². The highest BCUT2D eigenvalue weighted by molar-refractivity contribution is 8.27. The summed E-state index contributed by atoms with van der Waals surface area (Å²) in [7, 11) is 0. The van der Waals surface area contributed by atoms with Gasteiger partial charge in [0.25, 0.3) is 5.91 Å². The number of carbonyl (C=O) groups excluding carboxylic acids is 2. The van der Waals surface area contributed by atoms with Crippen LogP contribution in [-0.2, 0) is 4.79 Å². The predicted molar refractivity (Wildman–Crippen MR) is 92.9 cm³/mol. The normalized spacial score (nSPS) is 16.2. The quantitative estimate of drug-likeness (QED) is 0.634. The van der Waals surface area contributed by atoms with Crippen molar-refractivity contribution in [3.8, 4) is 0 Å². The molecule has 0 N–H and O–H groups in total. The molecular formula is C17H10NO3S2-. The number of hydrogen-bond acceptors (Lipinski definition) is 5. The third kappa shape index (κ3) is 3.18. The first-order valence-corrected chi connectivity index (χ1v) is 7.93. The summed E-state index contributed by atoms with van der Waals surface area (Å²) in [4.78, 5) is 25.3. The Balaban J connectivity index is 1.88. The van der Waals surface area contributed by atoms with E-state index in [-0.39, 0.29) is 11.5 Å². The van der Waals surface area contributed by atoms with Gasteiger partial charge in [-0.25, -0.2) is 0 Å². The van der Waals surface area contributed by atoms with E-state index >= 15 is 0 Å². The van der Waals surface area contributed by atoms with Crippen molar-refractivity contribution in [2.45, 2.75) is 0 Å². The first kappa shape index (κ1) is 15.5. The van der Waals surface area contributed by atoms with E-state index in [1.165, 1.54) is 28.8 Å². The van der Waals surface area contributed by atoms with Gasteiger partial charge >= 0.3 is 0 Å². The van der Waals surface area contributed by atoms with Crippen molar-refractivity contribution in [1.82, 2.24) is 0 Å². The van der Waals surface area contributed by atoms with Gasteiger partial charge < -0.3 is 9.90 Å². The lowest BCUT2D eigenvalue weighted by Crippen LogP contribution is -2.27. The van der Waals surface area contributed by atoms with E-state index in [0.717, 1.165) is 11.3 Å². The minimum Gasteiger partial charge on any atom is -0.545 e. The van der Waals surface area contributed by atoms with Gasteiger partial charge in [0.15, 0.2) is 4.32 Å². The molecule has 1 heterocycles. The average Bonchev–Trinajstić information content (AvgIpc) is 2.82. The number of para-hydroxylation sites is 1. The van der Waals surface area contributed by atoms with Gasteiger partial charge in [0.2, 0.25) is 0 Å². The summed E-state index contributed by atoms with van der Waals surface area (Å²) in [6.45, 7) is 0. The molecule has 0 aromatic heterocycles. The van der Waals surface area contributed by atoms with E-state index in [1.54, 1.807) is 18.2 Å². The number of thiocarbonyl (C=S) groups is 1. The maximum absolute atomic E-state index is 12.5. The number of benzene rings is 2. The summed E-state index contributed by atoms with van der Waals surface area (Å²) >= 11 is 6.51. The number of anilines is 1. The third-order valence-corrected chi connectivity index (χ3v) is 4.55. The topological polar surface area (TPSA) is 60.4 Å².